The highest BCUT2D eigenvalue weighted by Crippen LogP contribution is 2.36. The maximum atomic E-state index is 14.1. The van der Waals surface area contributed by atoms with Crippen molar-refractivity contribution in [1.29, 1.82) is 0 Å². The average Bonchev–Trinajstić information content (AvgIpc) is 3.31. The first-order valence-electron chi connectivity index (χ1n) is 11.3. The van der Waals surface area contributed by atoms with Gasteiger partial charge < -0.3 is 9.64 Å². The van der Waals surface area contributed by atoms with Crippen LogP contribution in [0.1, 0.15) is 44.2 Å². The predicted molar refractivity (Wildman–Crippen MR) is 119 cm³/mol. The molecule has 0 aliphatic carbocycles. The van der Waals surface area contributed by atoms with Gasteiger partial charge in [-0.2, -0.15) is 4.31 Å². The molecule has 0 N–H and O–H groups in total. The van der Waals surface area contributed by atoms with Gasteiger partial charge >= 0.3 is 0 Å². The summed E-state index contributed by atoms with van der Waals surface area (Å²) in [4.78, 5) is 14.5. The number of hydrogen-bond acceptors (Lipinski definition) is 4. The molecule has 2 aliphatic rings. The van der Waals surface area contributed by atoms with E-state index in [2.05, 4.69) is 0 Å². The Bertz CT molecular complexity index is 1100. The highest BCUT2D eigenvalue weighted by Gasteiger charge is 2.38. The van der Waals surface area contributed by atoms with Crippen LogP contribution in [0.2, 0.25) is 0 Å². The molecule has 0 saturated carbocycles. The van der Waals surface area contributed by atoms with Crippen molar-refractivity contribution < 1.29 is 26.7 Å². The topological polar surface area (TPSA) is 66.9 Å². The summed E-state index contributed by atoms with van der Waals surface area (Å²) >= 11 is 0. The van der Waals surface area contributed by atoms with Crippen molar-refractivity contribution in [3.63, 3.8) is 0 Å². The van der Waals surface area contributed by atoms with Crippen LogP contribution in [0.4, 0.5) is 8.78 Å². The Labute approximate surface area is 193 Å². The van der Waals surface area contributed by atoms with Crippen molar-refractivity contribution in [1.82, 2.24) is 9.21 Å². The third kappa shape index (κ3) is 4.89. The zero-order valence-corrected chi connectivity index (χ0v) is 19.4. The third-order valence-corrected chi connectivity index (χ3v) is 8.34. The maximum Gasteiger partial charge on any atom is 0.246 e. The first-order valence-corrected chi connectivity index (χ1v) is 12.7. The number of carbonyl (C=O) groups excluding carboxylic acids is 1. The number of ether oxygens (including phenoxy) is 1. The minimum atomic E-state index is -4.16. The van der Waals surface area contributed by atoms with Gasteiger partial charge in [0.1, 0.15) is 22.3 Å². The molecule has 0 spiro atoms. The van der Waals surface area contributed by atoms with Crippen molar-refractivity contribution in [2.75, 3.05) is 26.2 Å². The van der Waals surface area contributed by atoms with Gasteiger partial charge in [-0.25, -0.2) is 17.2 Å². The second-order valence-electron chi connectivity index (χ2n) is 8.44. The van der Waals surface area contributed by atoms with E-state index in [4.69, 9.17) is 4.74 Å². The molecule has 2 aromatic rings. The number of rotatable bonds is 6. The van der Waals surface area contributed by atoms with Crippen LogP contribution in [0.5, 0.6) is 5.75 Å². The lowest BCUT2D eigenvalue weighted by molar-refractivity contribution is -0.137. The van der Waals surface area contributed by atoms with E-state index in [0.717, 1.165) is 40.6 Å². The molecule has 0 aromatic heterocycles. The number of nitrogens with zero attached hydrogens (tertiary/aromatic N) is 2. The van der Waals surface area contributed by atoms with Gasteiger partial charge in [-0.1, -0.05) is 12.1 Å². The lowest BCUT2D eigenvalue weighted by atomic mass is 9.95. The Kier molecular flexibility index (Phi) is 6.99. The molecule has 2 saturated heterocycles. The summed E-state index contributed by atoms with van der Waals surface area (Å²) in [5, 5.41) is 0. The minimum Gasteiger partial charge on any atom is -0.494 e. The Morgan fingerprint density at radius 3 is 2.39 bits per heavy atom. The summed E-state index contributed by atoms with van der Waals surface area (Å²) in [6, 6.07) is 10.2. The van der Waals surface area contributed by atoms with Crippen LogP contribution in [0, 0.1) is 17.6 Å². The molecule has 2 aliphatic heterocycles. The van der Waals surface area contributed by atoms with Gasteiger partial charge in [0.25, 0.3) is 0 Å². The van der Waals surface area contributed by atoms with Crippen molar-refractivity contribution in [3.05, 3.63) is 59.7 Å². The molecule has 2 aromatic carbocycles. The van der Waals surface area contributed by atoms with E-state index in [9.17, 15) is 22.0 Å². The Balaban J connectivity index is 1.42. The van der Waals surface area contributed by atoms with Crippen LogP contribution in [0.25, 0.3) is 0 Å². The molecule has 178 valence electrons. The quantitative estimate of drug-likeness (QED) is 0.626. The highest BCUT2D eigenvalue weighted by molar-refractivity contribution is 7.89. The van der Waals surface area contributed by atoms with Crippen LogP contribution >= 0.6 is 0 Å². The smallest absolute Gasteiger partial charge is 0.246 e. The second-order valence-corrected chi connectivity index (χ2v) is 10.4. The zero-order chi connectivity index (χ0) is 23.6. The van der Waals surface area contributed by atoms with Gasteiger partial charge in [-0.15, -0.1) is 0 Å². The number of carbonyl (C=O) groups is 1. The molecular formula is C24H28F2N2O4S. The van der Waals surface area contributed by atoms with E-state index in [1.165, 1.54) is 0 Å². The number of likely N-dealkylation sites (tertiary alicyclic amines) is 1. The Morgan fingerprint density at radius 1 is 1.03 bits per heavy atom. The number of hydrogen-bond donors (Lipinski definition) is 0. The molecule has 0 bridgehead atoms. The summed E-state index contributed by atoms with van der Waals surface area (Å²) < 4.78 is 59.9. The van der Waals surface area contributed by atoms with Gasteiger partial charge in [0.05, 0.1) is 12.6 Å². The van der Waals surface area contributed by atoms with Crippen LogP contribution in [0.15, 0.2) is 47.4 Å². The van der Waals surface area contributed by atoms with E-state index in [1.807, 2.05) is 36.1 Å². The standard InChI is InChI=1S/C24H28F2N2O4S/c1-2-32-20-8-5-17(6-9-20)22-4-3-13-28(22)24(29)18-11-14-27(15-12-18)33(30,31)23-16-19(25)7-10-21(23)26/h5-10,16,18,22H,2-4,11-15H2,1H3/t22-/m0/s1. The van der Waals surface area contributed by atoms with Gasteiger partial charge in [-0.05, 0) is 68.5 Å². The van der Waals surface area contributed by atoms with Crippen LogP contribution in [0.3, 0.4) is 0 Å². The normalized spacial score (nSPS) is 20.2. The number of benzene rings is 2. The van der Waals surface area contributed by atoms with Crippen LogP contribution in [-0.4, -0.2) is 49.8 Å². The van der Waals surface area contributed by atoms with Gasteiger partial charge in [0.2, 0.25) is 15.9 Å². The fourth-order valence-electron chi connectivity index (χ4n) is 4.72. The minimum absolute atomic E-state index is 0.00340. The van der Waals surface area contributed by atoms with Crippen LogP contribution < -0.4 is 4.74 Å². The molecule has 9 heteroatoms. The summed E-state index contributed by atoms with van der Waals surface area (Å²) in [6.07, 6.45) is 2.49. The molecule has 0 radical (unpaired) electrons. The van der Waals surface area contributed by atoms with E-state index >= 15 is 0 Å². The molecule has 1 atom stereocenters. The molecule has 2 heterocycles. The first kappa shape index (κ1) is 23.6. The summed E-state index contributed by atoms with van der Waals surface area (Å²) in [5.41, 5.74) is 1.06. The largest absolute Gasteiger partial charge is 0.494 e. The predicted octanol–water partition coefficient (Wildman–Crippen LogP) is 4.13. The van der Waals surface area contributed by atoms with Crippen LogP contribution in [-0.2, 0) is 14.8 Å². The Hall–Kier alpha value is -2.52. The van der Waals surface area contributed by atoms with Crippen molar-refractivity contribution >= 4 is 15.9 Å². The van der Waals surface area contributed by atoms with E-state index in [0.29, 0.717) is 32.1 Å². The van der Waals surface area contributed by atoms with E-state index < -0.39 is 26.6 Å². The molecule has 2 fully saturated rings. The lowest BCUT2D eigenvalue weighted by Gasteiger charge is -2.34. The SMILES string of the molecule is CCOc1ccc([C@@H]2CCCN2C(=O)C2CCN(S(=O)(=O)c3cc(F)ccc3F)CC2)cc1. The number of amides is 1. The monoisotopic (exact) mass is 478 g/mol. The number of piperidine rings is 1. The molecule has 6 nitrogen and oxygen atoms in total. The molecule has 4 rings (SSSR count). The maximum absolute atomic E-state index is 14.1. The van der Waals surface area contributed by atoms with Gasteiger partial charge in [0.15, 0.2) is 0 Å². The first-order chi connectivity index (χ1) is 15.8. The third-order valence-electron chi connectivity index (χ3n) is 6.43. The van der Waals surface area contributed by atoms with Gasteiger partial charge in [0, 0.05) is 25.6 Å². The van der Waals surface area contributed by atoms with Crippen molar-refractivity contribution in [2.45, 2.75) is 43.5 Å². The second kappa shape index (κ2) is 9.77. The highest BCUT2D eigenvalue weighted by atomic mass is 32.2. The molecule has 1 amide bonds. The van der Waals surface area contributed by atoms with Crippen molar-refractivity contribution in [2.24, 2.45) is 5.92 Å². The average molecular weight is 479 g/mol. The summed E-state index contributed by atoms with van der Waals surface area (Å²) in [5.74, 6) is -1.27. The summed E-state index contributed by atoms with van der Waals surface area (Å²) in [7, 11) is -4.16. The van der Waals surface area contributed by atoms with Gasteiger partial charge in [-0.3, -0.25) is 4.79 Å². The fourth-order valence-corrected chi connectivity index (χ4v) is 6.27. The number of sulfonamides is 1. The Morgan fingerprint density at radius 2 is 1.73 bits per heavy atom. The lowest BCUT2D eigenvalue weighted by Crippen LogP contribution is -2.44. The van der Waals surface area contributed by atoms with Crippen molar-refractivity contribution in [3.8, 4) is 5.75 Å². The fraction of sp³-hybridized carbons (Fsp3) is 0.458. The van der Waals surface area contributed by atoms with E-state index in [1.54, 1.807) is 0 Å². The molecule has 33 heavy (non-hydrogen) atoms. The zero-order valence-electron chi connectivity index (χ0n) is 18.5. The van der Waals surface area contributed by atoms with E-state index in [-0.39, 0.29) is 31.0 Å². The molecule has 0 unspecified atom stereocenters. The summed E-state index contributed by atoms with van der Waals surface area (Å²) in [6.45, 7) is 3.38. The number of halogens is 2. The molecular weight excluding hydrogens is 450 g/mol.